The molecule has 1 aliphatic rings. The molecule has 3 rings (SSSR count). The van der Waals surface area contributed by atoms with E-state index in [9.17, 15) is 9.59 Å². The van der Waals surface area contributed by atoms with E-state index in [-0.39, 0.29) is 12.6 Å². The molecule has 30 heavy (non-hydrogen) atoms. The minimum atomic E-state index is -0.725. The third-order valence-electron chi connectivity index (χ3n) is 4.70. The van der Waals surface area contributed by atoms with Gasteiger partial charge in [-0.05, 0) is 56.2 Å². The molecule has 0 bridgehead atoms. The molecule has 1 fully saturated rings. The van der Waals surface area contributed by atoms with E-state index in [0.29, 0.717) is 12.2 Å². The Balaban J connectivity index is 1.69. The van der Waals surface area contributed by atoms with Crippen LogP contribution in [0.15, 0.2) is 53.0 Å². The van der Waals surface area contributed by atoms with E-state index in [4.69, 9.17) is 14.2 Å². The quantitative estimate of drug-likeness (QED) is 0.579. The molecule has 0 aliphatic carbocycles. The number of amides is 1. The van der Waals surface area contributed by atoms with Crippen LogP contribution in [0.5, 0.6) is 5.75 Å². The summed E-state index contributed by atoms with van der Waals surface area (Å²) in [6.45, 7) is 5.61. The number of halogens is 1. The molecule has 1 unspecified atom stereocenters. The fourth-order valence-corrected chi connectivity index (χ4v) is 3.59. The second-order valence-electron chi connectivity index (χ2n) is 8.18. The third kappa shape index (κ3) is 5.53. The van der Waals surface area contributed by atoms with Crippen molar-refractivity contribution in [3.05, 3.63) is 53.0 Å². The average molecular weight is 476 g/mol. The maximum absolute atomic E-state index is 12.6. The van der Waals surface area contributed by atoms with Gasteiger partial charge in [0.15, 0.2) is 0 Å². The summed E-state index contributed by atoms with van der Waals surface area (Å²) in [6.07, 6.45) is -0.532. The molecule has 2 aromatic carbocycles. The molecule has 0 N–H and O–H groups in total. The monoisotopic (exact) mass is 475 g/mol. The van der Waals surface area contributed by atoms with Crippen LogP contribution in [0.25, 0.3) is 11.1 Å². The van der Waals surface area contributed by atoms with Crippen LogP contribution < -0.4 is 4.74 Å². The van der Waals surface area contributed by atoms with Crippen molar-refractivity contribution in [1.29, 1.82) is 0 Å². The first-order chi connectivity index (χ1) is 14.2. The number of hydrogen-bond donors (Lipinski definition) is 0. The standard InChI is InChI=1S/C23H26BrNO5/c1-23(2,3)30-22(27)25-14-19(13-20(25)21(26)28-4)29-18-11-7-16(8-12-18)15-5-9-17(24)10-6-15/h5-12,19-20H,13-14H2,1-4H3/t19?,20-/m0/s1. The molecule has 6 nitrogen and oxygen atoms in total. The van der Waals surface area contributed by atoms with E-state index in [1.54, 1.807) is 20.8 Å². The SMILES string of the molecule is COC(=O)[C@@H]1CC(Oc2ccc(-c3ccc(Br)cc3)cc2)CN1C(=O)OC(C)(C)C. The number of carbonyl (C=O) groups is 2. The number of benzene rings is 2. The summed E-state index contributed by atoms with van der Waals surface area (Å²) < 4.78 is 17.4. The van der Waals surface area contributed by atoms with Gasteiger partial charge in [-0.15, -0.1) is 0 Å². The molecule has 0 aromatic heterocycles. The van der Waals surface area contributed by atoms with Gasteiger partial charge in [0, 0.05) is 10.9 Å². The van der Waals surface area contributed by atoms with Crippen molar-refractivity contribution in [2.24, 2.45) is 0 Å². The van der Waals surface area contributed by atoms with Crippen LogP contribution in [0.3, 0.4) is 0 Å². The van der Waals surface area contributed by atoms with Gasteiger partial charge in [-0.2, -0.15) is 0 Å². The van der Waals surface area contributed by atoms with E-state index in [0.717, 1.165) is 15.6 Å². The number of likely N-dealkylation sites (tertiary alicyclic amines) is 1. The Morgan fingerprint density at radius 1 is 1.00 bits per heavy atom. The Morgan fingerprint density at radius 2 is 1.57 bits per heavy atom. The molecule has 2 atom stereocenters. The molecule has 160 valence electrons. The zero-order valence-corrected chi connectivity index (χ0v) is 19.1. The zero-order valence-electron chi connectivity index (χ0n) is 17.6. The molecular weight excluding hydrogens is 450 g/mol. The Labute approximate surface area is 185 Å². The van der Waals surface area contributed by atoms with Crippen LogP contribution in [-0.4, -0.2) is 48.4 Å². The highest BCUT2D eigenvalue weighted by Crippen LogP contribution is 2.28. The third-order valence-corrected chi connectivity index (χ3v) is 5.23. The molecule has 0 spiro atoms. The Morgan fingerprint density at radius 3 is 2.10 bits per heavy atom. The second kappa shape index (κ2) is 9.08. The average Bonchev–Trinajstić information content (AvgIpc) is 3.11. The van der Waals surface area contributed by atoms with Gasteiger partial charge >= 0.3 is 12.1 Å². The van der Waals surface area contributed by atoms with Crippen LogP contribution in [0.1, 0.15) is 27.2 Å². The number of methoxy groups -OCH3 is 1. The van der Waals surface area contributed by atoms with Crippen molar-refractivity contribution in [3.63, 3.8) is 0 Å². The molecule has 1 saturated heterocycles. The first-order valence-electron chi connectivity index (χ1n) is 9.76. The molecule has 1 amide bonds. The minimum Gasteiger partial charge on any atom is -0.488 e. The van der Waals surface area contributed by atoms with Gasteiger partial charge in [0.2, 0.25) is 0 Å². The van der Waals surface area contributed by atoms with Gasteiger partial charge in [0.1, 0.15) is 23.5 Å². The number of carbonyl (C=O) groups excluding carboxylic acids is 2. The van der Waals surface area contributed by atoms with Crippen molar-refractivity contribution in [2.45, 2.75) is 44.9 Å². The van der Waals surface area contributed by atoms with Crippen LogP contribution in [0, 0.1) is 0 Å². The second-order valence-corrected chi connectivity index (χ2v) is 9.09. The van der Waals surface area contributed by atoms with Gasteiger partial charge in [0.05, 0.1) is 13.7 Å². The van der Waals surface area contributed by atoms with Crippen molar-refractivity contribution < 1.29 is 23.8 Å². The van der Waals surface area contributed by atoms with Gasteiger partial charge < -0.3 is 14.2 Å². The van der Waals surface area contributed by atoms with Gasteiger partial charge in [0.25, 0.3) is 0 Å². The topological polar surface area (TPSA) is 65.1 Å². The predicted molar refractivity (Wildman–Crippen MR) is 117 cm³/mol. The number of rotatable bonds is 4. The van der Waals surface area contributed by atoms with E-state index in [1.165, 1.54) is 12.0 Å². The summed E-state index contributed by atoms with van der Waals surface area (Å²) >= 11 is 3.44. The van der Waals surface area contributed by atoms with Crippen molar-refractivity contribution >= 4 is 28.0 Å². The van der Waals surface area contributed by atoms with E-state index >= 15 is 0 Å². The summed E-state index contributed by atoms with van der Waals surface area (Å²) in [5.41, 5.74) is 1.52. The molecule has 7 heteroatoms. The minimum absolute atomic E-state index is 0.253. The summed E-state index contributed by atoms with van der Waals surface area (Å²) in [5.74, 6) is 0.202. The fraction of sp³-hybridized carbons (Fsp3) is 0.391. The maximum atomic E-state index is 12.6. The smallest absolute Gasteiger partial charge is 0.411 e. The normalized spacial score (nSPS) is 18.8. The van der Waals surface area contributed by atoms with Gasteiger partial charge in [-0.25, -0.2) is 9.59 Å². The molecule has 2 aromatic rings. The first-order valence-corrected chi connectivity index (χ1v) is 10.6. The number of ether oxygens (including phenoxy) is 3. The fourth-order valence-electron chi connectivity index (χ4n) is 3.33. The highest BCUT2D eigenvalue weighted by Gasteiger charge is 2.43. The Hall–Kier alpha value is -2.54. The molecular formula is C23H26BrNO5. The molecule has 1 heterocycles. The Kier molecular flexibility index (Phi) is 6.71. The summed E-state index contributed by atoms with van der Waals surface area (Å²) in [4.78, 5) is 26.1. The van der Waals surface area contributed by atoms with E-state index in [2.05, 4.69) is 15.9 Å². The predicted octanol–water partition coefficient (Wildman–Crippen LogP) is 5.05. The number of esters is 1. The highest BCUT2D eigenvalue weighted by atomic mass is 79.9. The lowest BCUT2D eigenvalue weighted by Gasteiger charge is -2.27. The number of hydrogen-bond acceptors (Lipinski definition) is 5. The summed E-state index contributed by atoms with van der Waals surface area (Å²) in [7, 11) is 1.31. The van der Waals surface area contributed by atoms with Crippen LogP contribution in [-0.2, 0) is 14.3 Å². The molecule has 0 saturated carbocycles. The lowest BCUT2D eigenvalue weighted by Crippen LogP contribution is -2.44. The first kappa shape index (κ1) is 22.2. The highest BCUT2D eigenvalue weighted by molar-refractivity contribution is 9.10. The summed E-state index contributed by atoms with van der Waals surface area (Å²) in [6, 6.07) is 15.1. The molecule has 0 radical (unpaired) electrons. The van der Waals surface area contributed by atoms with E-state index < -0.39 is 23.7 Å². The van der Waals surface area contributed by atoms with Crippen LogP contribution >= 0.6 is 15.9 Å². The lowest BCUT2D eigenvalue weighted by atomic mass is 10.1. The van der Waals surface area contributed by atoms with E-state index in [1.807, 2.05) is 48.5 Å². The maximum Gasteiger partial charge on any atom is 0.411 e. The lowest BCUT2D eigenvalue weighted by molar-refractivity contribution is -0.145. The zero-order chi connectivity index (χ0) is 21.9. The van der Waals surface area contributed by atoms with Crippen molar-refractivity contribution in [3.8, 4) is 16.9 Å². The van der Waals surface area contributed by atoms with Crippen LogP contribution in [0.2, 0.25) is 0 Å². The largest absolute Gasteiger partial charge is 0.488 e. The summed E-state index contributed by atoms with van der Waals surface area (Å²) in [5, 5.41) is 0. The van der Waals surface area contributed by atoms with Crippen molar-refractivity contribution in [2.75, 3.05) is 13.7 Å². The Bertz CT molecular complexity index is 889. The molecule has 1 aliphatic heterocycles. The van der Waals surface area contributed by atoms with Crippen LogP contribution in [0.4, 0.5) is 4.79 Å². The number of nitrogens with zero attached hydrogens (tertiary/aromatic N) is 1. The van der Waals surface area contributed by atoms with Gasteiger partial charge in [-0.3, -0.25) is 4.90 Å². The van der Waals surface area contributed by atoms with Gasteiger partial charge in [-0.1, -0.05) is 40.2 Å². The van der Waals surface area contributed by atoms with Crippen molar-refractivity contribution in [1.82, 2.24) is 4.90 Å².